The molecule has 1 aliphatic rings. The van der Waals surface area contributed by atoms with Gasteiger partial charge in [-0.05, 0) is 43.4 Å². The van der Waals surface area contributed by atoms with Crippen LogP contribution in [0.25, 0.3) is 0 Å². The molecule has 0 saturated heterocycles. The number of nitrogens with zero attached hydrogens (tertiary/aromatic N) is 1. The van der Waals surface area contributed by atoms with Gasteiger partial charge in [-0.15, -0.1) is 0 Å². The molecule has 1 aromatic carbocycles. The van der Waals surface area contributed by atoms with Gasteiger partial charge in [-0.2, -0.15) is 0 Å². The lowest BCUT2D eigenvalue weighted by Gasteiger charge is -2.31. The fraction of sp³-hybridized carbons (Fsp3) is 0.588. The zero-order valence-electron chi connectivity index (χ0n) is 12.7. The molecule has 110 valence electrons. The summed E-state index contributed by atoms with van der Waals surface area (Å²) in [6.45, 7) is 6.73. The van der Waals surface area contributed by atoms with E-state index in [0.717, 1.165) is 18.4 Å². The van der Waals surface area contributed by atoms with Gasteiger partial charge in [0.2, 0.25) is 0 Å². The number of hydrogen-bond donors (Lipinski definition) is 0. The molecule has 0 atom stereocenters. The quantitative estimate of drug-likeness (QED) is 0.808. The van der Waals surface area contributed by atoms with E-state index in [4.69, 9.17) is 0 Å². The van der Waals surface area contributed by atoms with E-state index >= 15 is 0 Å². The molecular weight excluding hydrogens is 253 g/mol. The molecule has 0 heterocycles. The lowest BCUT2D eigenvalue weighted by molar-refractivity contribution is 0.0650. The Morgan fingerprint density at radius 2 is 2.00 bits per heavy atom. The molecule has 0 aromatic heterocycles. The molecule has 0 aliphatic heterocycles. The van der Waals surface area contributed by atoms with Gasteiger partial charge in [-0.25, -0.2) is 4.39 Å². The van der Waals surface area contributed by atoms with E-state index in [1.807, 2.05) is 11.8 Å². The van der Waals surface area contributed by atoms with Gasteiger partial charge in [0.05, 0.1) is 5.56 Å². The minimum Gasteiger partial charge on any atom is -0.335 e. The van der Waals surface area contributed by atoms with Crippen LogP contribution in [0.4, 0.5) is 4.39 Å². The van der Waals surface area contributed by atoms with Gasteiger partial charge in [0, 0.05) is 12.6 Å². The Balaban J connectivity index is 2.24. The summed E-state index contributed by atoms with van der Waals surface area (Å²) in [6, 6.07) is 5.15. The van der Waals surface area contributed by atoms with E-state index in [2.05, 4.69) is 13.8 Å². The van der Waals surface area contributed by atoms with E-state index in [1.54, 1.807) is 12.1 Å². The minimum absolute atomic E-state index is 0.150. The molecule has 1 aromatic rings. The van der Waals surface area contributed by atoms with Crippen molar-refractivity contribution in [3.63, 3.8) is 0 Å². The van der Waals surface area contributed by atoms with Crippen LogP contribution in [0, 0.1) is 18.7 Å². The van der Waals surface area contributed by atoms with Crippen LogP contribution in [0.5, 0.6) is 0 Å². The number of hydrogen-bond acceptors (Lipinski definition) is 1. The maximum Gasteiger partial charge on any atom is 0.257 e. The highest BCUT2D eigenvalue weighted by Gasteiger charge is 2.29. The summed E-state index contributed by atoms with van der Waals surface area (Å²) >= 11 is 0. The number of carbonyl (C=O) groups is 1. The molecule has 1 saturated carbocycles. The molecule has 0 bridgehead atoms. The molecule has 0 unspecified atom stereocenters. The fourth-order valence-corrected chi connectivity index (χ4v) is 2.96. The molecule has 2 nitrogen and oxygen atoms in total. The van der Waals surface area contributed by atoms with Crippen LogP contribution in [-0.4, -0.2) is 23.4 Å². The average Bonchev–Trinajstić information content (AvgIpc) is 2.88. The zero-order chi connectivity index (χ0) is 14.7. The SMILES string of the molecule is Cc1ccc(C(=O)N(CC(C)C)C2CCCC2)c(F)c1. The van der Waals surface area contributed by atoms with Gasteiger partial charge in [0.1, 0.15) is 5.82 Å². The van der Waals surface area contributed by atoms with Gasteiger partial charge in [0.15, 0.2) is 0 Å². The summed E-state index contributed by atoms with van der Waals surface area (Å²) in [5.74, 6) is -0.155. The van der Waals surface area contributed by atoms with Crippen molar-refractivity contribution in [2.75, 3.05) is 6.54 Å². The molecule has 0 spiro atoms. The molecule has 0 radical (unpaired) electrons. The monoisotopic (exact) mass is 277 g/mol. The Morgan fingerprint density at radius 3 is 2.55 bits per heavy atom. The van der Waals surface area contributed by atoms with Gasteiger partial charge < -0.3 is 4.90 Å². The largest absolute Gasteiger partial charge is 0.335 e. The van der Waals surface area contributed by atoms with E-state index in [1.165, 1.54) is 18.9 Å². The first-order chi connectivity index (χ1) is 9.49. The molecule has 0 N–H and O–H groups in total. The summed E-state index contributed by atoms with van der Waals surface area (Å²) in [7, 11) is 0. The molecule has 1 aliphatic carbocycles. The summed E-state index contributed by atoms with van der Waals surface area (Å²) in [6.07, 6.45) is 4.43. The van der Waals surface area contributed by atoms with Crippen molar-refractivity contribution in [1.82, 2.24) is 4.90 Å². The van der Waals surface area contributed by atoms with Crippen LogP contribution < -0.4 is 0 Å². The summed E-state index contributed by atoms with van der Waals surface area (Å²) < 4.78 is 14.0. The third kappa shape index (κ3) is 3.38. The highest BCUT2D eigenvalue weighted by molar-refractivity contribution is 5.94. The number of halogens is 1. The van der Waals surface area contributed by atoms with Crippen molar-refractivity contribution in [2.24, 2.45) is 5.92 Å². The predicted octanol–water partition coefficient (Wildman–Crippen LogP) is 4.17. The molecule has 2 rings (SSSR count). The van der Waals surface area contributed by atoms with Crippen molar-refractivity contribution < 1.29 is 9.18 Å². The topological polar surface area (TPSA) is 20.3 Å². The van der Waals surface area contributed by atoms with Gasteiger partial charge in [0.25, 0.3) is 5.91 Å². The Morgan fingerprint density at radius 1 is 1.35 bits per heavy atom. The second-order valence-electron chi connectivity index (χ2n) is 6.27. The van der Waals surface area contributed by atoms with Gasteiger partial charge >= 0.3 is 0 Å². The third-order valence-corrected chi connectivity index (χ3v) is 3.94. The van der Waals surface area contributed by atoms with Crippen molar-refractivity contribution in [2.45, 2.75) is 52.5 Å². The number of rotatable bonds is 4. The normalized spacial score (nSPS) is 15.8. The van der Waals surface area contributed by atoms with Crippen molar-refractivity contribution >= 4 is 5.91 Å². The van der Waals surface area contributed by atoms with Crippen molar-refractivity contribution in [1.29, 1.82) is 0 Å². The van der Waals surface area contributed by atoms with Crippen LogP contribution in [0.15, 0.2) is 18.2 Å². The average molecular weight is 277 g/mol. The molecule has 20 heavy (non-hydrogen) atoms. The summed E-state index contributed by atoms with van der Waals surface area (Å²) in [4.78, 5) is 14.6. The van der Waals surface area contributed by atoms with Crippen molar-refractivity contribution in [3.8, 4) is 0 Å². The van der Waals surface area contributed by atoms with E-state index in [9.17, 15) is 9.18 Å². The highest BCUT2D eigenvalue weighted by atomic mass is 19.1. The first kappa shape index (κ1) is 15.0. The fourth-order valence-electron chi connectivity index (χ4n) is 2.96. The Bertz CT molecular complexity index is 478. The lowest BCUT2D eigenvalue weighted by atomic mass is 10.1. The van der Waals surface area contributed by atoms with E-state index in [0.29, 0.717) is 12.5 Å². The first-order valence-corrected chi connectivity index (χ1v) is 7.56. The van der Waals surface area contributed by atoms with Crippen LogP contribution in [-0.2, 0) is 0 Å². The van der Waals surface area contributed by atoms with Gasteiger partial charge in [-0.3, -0.25) is 4.79 Å². The van der Waals surface area contributed by atoms with E-state index < -0.39 is 5.82 Å². The number of amides is 1. The lowest BCUT2D eigenvalue weighted by Crippen LogP contribution is -2.41. The Kier molecular flexibility index (Phi) is 4.79. The summed E-state index contributed by atoms with van der Waals surface area (Å²) in [5, 5.41) is 0. The minimum atomic E-state index is -0.401. The number of benzene rings is 1. The highest BCUT2D eigenvalue weighted by Crippen LogP contribution is 2.26. The second-order valence-corrected chi connectivity index (χ2v) is 6.27. The van der Waals surface area contributed by atoms with Gasteiger partial charge in [-0.1, -0.05) is 32.8 Å². The Hall–Kier alpha value is -1.38. The molecule has 1 amide bonds. The van der Waals surface area contributed by atoms with Crippen LogP contribution in [0.2, 0.25) is 0 Å². The van der Waals surface area contributed by atoms with Crippen molar-refractivity contribution in [3.05, 3.63) is 35.1 Å². The second kappa shape index (κ2) is 6.38. The number of carbonyl (C=O) groups excluding carboxylic acids is 1. The molecular formula is C17H24FNO. The smallest absolute Gasteiger partial charge is 0.257 e. The van der Waals surface area contributed by atoms with Crippen LogP contribution >= 0.6 is 0 Å². The number of aryl methyl sites for hydroxylation is 1. The van der Waals surface area contributed by atoms with Crippen LogP contribution in [0.1, 0.15) is 55.5 Å². The zero-order valence-corrected chi connectivity index (χ0v) is 12.7. The predicted molar refractivity (Wildman–Crippen MR) is 79.3 cm³/mol. The summed E-state index contributed by atoms with van der Waals surface area (Å²) in [5.41, 5.74) is 1.05. The molecule has 3 heteroatoms. The first-order valence-electron chi connectivity index (χ1n) is 7.56. The van der Waals surface area contributed by atoms with Crippen LogP contribution in [0.3, 0.4) is 0 Å². The maximum atomic E-state index is 14.0. The maximum absolute atomic E-state index is 14.0. The third-order valence-electron chi connectivity index (χ3n) is 3.94. The van der Waals surface area contributed by atoms with E-state index in [-0.39, 0.29) is 17.5 Å². The Labute approximate surface area is 121 Å². The standard InChI is InChI=1S/C17H24FNO/c1-12(2)11-19(14-6-4-5-7-14)17(20)15-9-8-13(3)10-16(15)18/h8-10,12,14H,4-7,11H2,1-3H3. The molecule has 1 fully saturated rings.